The molecule has 0 saturated heterocycles. The van der Waals surface area contributed by atoms with E-state index in [2.05, 4.69) is 21.0 Å². The van der Waals surface area contributed by atoms with E-state index in [1.807, 2.05) is 6.07 Å². The number of halogens is 3. The van der Waals surface area contributed by atoms with Crippen LogP contribution in [0.25, 0.3) is 0 Å². The highest BCUT2D eigenvalue weighted by Crippen LogP contribution is 2.28. The molecular weight excluding hydrogens is 457 g/mol. The summed E-state index contributed by atoms with van der Waals surface area (Å²) in [6, 6.07) is 8.65. The Labute approximate surface area is 174 Å². The largest absolute Gasteiger partial charge is 0.484 e. The number of aryl methyl sites for hydroxylation is 1. The van der Waals surface area contributed by atoms with Crippen LogP contribution in [0.5, 0.6) is 5.75 Å². The summed E-state index contributed by atoms with van der Waals surface area (Å²) in [4.78, 5) is 14.1. The third kappa shape index (κ3) is 4.66. The maximum absolute atomic E-state index is 12.6. The van der Waals surface area contributed by atoms with Crippen LogP contribution in [0, 0.1) is 0 Å². The van der Waals surface area contributed by atoms with Crippen LogP contribution in [0.15, 0.2) is 45.4 Å². The Morgan fingerprint density at radius 1 is 1.30 bits per heavy atom. The molecule has 0 atom stereocenters. The number of benzene rings is 1. The highest BCUT2D eigenvalue weighted by Gasteiger charge is 2.19. The average molecular weight is 473 g/mol. The van der Waals surface area contributed by atoms with Crippen molar-refractivity contribution >= 4 is 45.0 Å². The van der Waals surface area contributed by atoms with Gasteiger partial charge in [-0.25, -0.2) is 0 Å². The predicted octanol–water partition coefficient (Wildman–Crippen LogP) is 4.93. The van der Waals surface area contributed by atoms with Gasteiger partial charge in [0.05, 0.1) is 28.5 Å². The van der Waals surface area contributed by atoms with E-state index in [9.17, 15) is 4.79 Å². The van der Waals surface area contributed by atoms with Crippen molar-refractivity contribution < 1.29 is 13.9 Å². The first-order valence-corrected chi connectivity index (χ1v) is 9.48. The van der Waals surface area contributed by atoms with Crippen LogP contribution in [0.1, 0.15) is 22.0 Å². The number of furan rings is 1. The van der Waals surface area contributed by atoms with Gasteiger partial charge in [-0.05, 0) is 30.3 Å². The fourth-order valence-corrected chi connectivity index (χ4v) is 3.36. The lowest BCUT2D eigenvalue weighted by molar-refractivity contribution is 0.0746. The third-order valence-corrected chi connectivity index (χ3v) is 4.98. The van der Waals surface area contributed by atoms with Crippen LogP contribution in [0.4, 0.5) is 0 Å². The number of amides is 1. The number of ether oxygens (including phenoxy) is 1. The SMILES string of the molecule is CN(Cc1c(Cl)cnn1C)C(=O)c1ccc(COc2ccc(Br)cc2Cl)o1. The summed E-state index contributed by atoms with van der Waals surface area (Å²) in [5.41, 5.74) is 0.743. The van der Waals surface area contributed by atoms with Gasteiger partial charge < -0.3 is 14.1 Å². The summed E-state index contributed by atoms with van der Waals surface area (Å²) in [6.45, 7) is 0.473. The standard InChI is InChI=1S/C18H16BrCl2N3O3/c1-23(9-15-14(21)8-22-24(15)2)18(25)17-6-4-12(27-17)10-26-16-5-3-11(19)7-13(16)20/h3-8H,9-10H2,1-2H3. The summed E-state index contributed by atoms with van der Waals surface area (Å²) < 4.78 is 13.8. The topological polar surface area (TPSA) is 60.5 Å². The maximum atomic E-state index is 12.6. The van der Waals surface area contributed by atoms with E-state index in [1.54, 1.807) is 49.2 Å². The van der Waals surface area contributed by atoms with Gasteiger partial charge in [0, 0.05) is 18.6 Å². The molecule has 2 aromatic heterocycles. The first kappa shape index (κ1) is 19.8. The van der Waals surface area contributed by atoms with Crippen molar-refractivity contribution in [1.82, 2.24) is 14.7 Å². The zero-order chi connectivity index (χ0) is 19.6. The molecule has 0 N–H and O–H groups in total. The molecule has 6 nitrogen and oxygen atoms in total. The molecule has 0 aliphatic carbocycles. The Morgan fingerprint density at radius 2 is 2.07 bits per heavy atom. The number of carbonyl (C=O) groups is 1. The van der Waals surface area contributed by atoms with Gasteiger partial charge in [0.2, 0.25) is 0 Å². The van der Waals surface area contributed by atoms with Crippen LogP contribution >= 0.6 is 39.1 Å². The van der Waals surface area contributed by atoms with Crippen molar-refractivity contribution in [3.05, 3.63) is 68.3 Å². The molecule has 0 aliphatic heterocycles. The molecule has 0 fully saturated rings. The van der Waals surface area contributed by atoms with Crippen molar-refractivity contribution in [3.8, 4) is 5.75 Å². The van der Waals surface area contributed by atoms with Gasteiger partial charge in [0.1, 0.15) is 18.1 Å². The smallest absolute Gasteiger partial charge is 0.289 e. The van der Waals surface area contributed by atoms with Gasteiger partial charge in [0.15, 0.2) is 5.76 Å². The van der Waals surface area contributed by atoms with E-state index in [0.29, 0.717) is 28.1 Å². The van der Waals surface area contributed by atoms with Crippen LogP contribution in [-0.2, 0) is 20.2 Å². The lowest BCUT2D eigenvalue weighted by Gasteiger charge is -2.16. The molecule has 0 spiro atoms. The molecule has 0 bridgehead atoms. The molecule has 3 rings (SSSR count). The van der Waals surface area contributed by atoms with Crippen molar-refractivity contribution in [2.24, 2.45) is 7.05 Å². The van der Waals surface area contributed by atoms with Gasteiger partial charge in [-0.15, -0.1) is 0 Å². The molecule has 3 aromatic rings. The maximum Gasteiger partial charge on any atom is 0.289 e. The van der Waals surface area contributed by atoms with Gasteiger partial charge >= 0.3 is 0 Å². The Balaban J connectivity index is 1.63. The molecule has 1 aromatic carbocycles. The van der Waals surface area contributed by atoms with Crippen LogP contribution in [-0.4, -0.2) is 27.6 Å². The number of hydrogen-bond donors (Lipinski definition) is 0. The Kier molecular flexibility index (Phi) is 6.14. The van der Waals surface area contributed by atoms with Crippen molar-refractivity contribution in [2.75, 3.05) is 7.05 Å². The molecule has 9 heteroatoms. The second-order valence-electron chi connectivity index (χ2n) is 5.85. The second kappa shape index (κ2) is 8.37. The highest BCUT2D eigenvalue weighted by atomic mass is 79.9. The highest BCUT2D eigenvalue weighted by molar-refractivity contribution is 9.10. The van der Waals surface area contributed by atoms with E-state index >= 15 is 0 Å². The third-order valence-electron chi connectivity index (χ3n) is 3.88. The molecule has 1 amide bonds. The normalized spacial score (nSPS) is 10.9. The summed E-state index contributed by atoms with van der Waals surface area (Å²) in [5, 5.41) is 5.06. The quantitative estimate of drug-likeness (QED) is 0.510. The summed E-state index contributed by atoms with van der Waals surface area (Å²) >= 11 is 15.6. The number of carbonyl (C=O) groups excluding carboxylic acids is 1. The molecular formula is C18H16BrCl2N3O3. The summed E-state index contributed by atoms with van der Waals surface area (Å²) in [7, 11) is 3.45. The van der Waals surface area contributed by atoms with Crippen LogP contribution < -0.4 is 4.74 Å². The molecule has 0 unspecified atom stereocenters. The second-order valence-corrected chi connectivity index (χ2v) is 7.58. The molecule has 27 heavy (non-hydrogen) atoms. The van der Waals surface area contributed by atoms with E-state index < -0.39 is 0 Å². The summed E-state index contributed by atoms with van der Waals surface area (Å²) in [5.74, 6) is 1.01. The van der Waals surface area contributed by atoms with Gasteiger partial charge in [0.25, 0.3) is 5.91 Å². The van der Waals surface area contributed by atoms with Gasteiger partial charge in [-0.1, -0.05) is 39.1 Å². The van der Waals surface area contributed by atoms with E-state index in [4.69, 9.17) is 32.4 Å². The fraction of sp³-hybridized carbons (Fsp3) is 0.222. The molecule has 0 aliphatic rings. The minimum atomic E-state index is -0.264. The average Bonchev–Trinajstić information content (AvgIpc) is 3.22. The number of aromatic nitrogens is 2. The minimum absolute atomic E-state index is 0.159. The van der Waals surface area contributed by atoms with E-state index in [0.717, 1.165) is 10.2 Å². The van der Waals surface area contributed by atoms with Crippen molar-refractivity contribution in [1.29, 1.82) is 0 Å². The van der Waals surface area contributed by atoms with E-state index in [-0.39, 0.29) is 18.3 Å². The monoisotopic (exact) mass is 471 g/mol. The van der Waals surface area contributed by atoms with Gasteiger partial charge in [-0.3, -0.25) is 9.48 Å². The zero-order valence-corrected chi connectivity index (χ0v) is 17.7. The fourth-order valence-electron chi connectivity index (χ4n) is 2.41. The first-order chi connectivity index (χ1) is 12.8. The lowest BCUT2D eigenvalue weighted by atomic mass is 10.3. The van der Waals surface area contributed by atoms with E-state index in [1.165, 1.54) is 4.90 Å². The van der Waals surface area contributed by atoms with Crippen molar-refractivity contribution in [3.63, 3.8) is 0 Å². The Bertz CT molecular complexity index is 951. The van der Waals surface area contributed by atoms with Crippen LogP contribution in [0.3, 0.4) is 0 Å². The minimum Gasteiger partial charge on any atom is -0.484 e. The zero-order valence-electron chi connectivity index (χ0n) is 14.6. The molecule has 0 radical (unpaired) electrons. The summed E-state index contributed by atoms with van der Waals surface area (Å²) in [6.07, 6.45) is 1.55. The number of hydrogen-bond acceptors (Lipinski definition) is 4. The molecule has 0 saturated carbocycles. The van der Waals surface area contributed by atoms with Gasteiger partial charge in [-0.2, -0.15) is 5.10 Å². The predicted molar refractivity (Wildman–Crippen MR) is 106 cm³/mol. The number of rotatable bonds is 6. The molecule has 2 heterocycles. The lowest BCUT2D eigenvalue weighted by Crippen LogP contribution is -2.27. The molecule has 142 valence electrons. The van der Waals surface area contributed by atoms with Crippen LogP contribution in [0.2, 0.25) is 10.0 Å². The Morgan fingerprint density at radius 3 is 2.74 bits per heavy atom. The van der Waals surface area contributed by atoms with Crippen molar-refractivity contribution in [2.45, 2.75) is 13.2 Å². The number of nitrogens with zero attached hydrogens (tertiary/aromatic N) is 3. The Hall–Kier alpha value is -1.96. The first-order valence-electron chi connectivity index (χ1n) is 7.93.